The summed E-state index contributed by atoms with van der Waals surface area (Å²) in [4.78, 5) is 41.5. The lowest BCUT2D eigenvalue weighted by Gasteiger charge is -2.22. The number of carbonyl (C=O) groups is 3. The van der Waals surface area contributed by atoms with Gasteiger partial charge in [0.1, 0.15) is 23.4 Å². The van der Waals surface area contributed by atoms with Crippen molar-refractivity contribution in [2.45, 2.75) is 13.0 Å². The van der Waals surface area contributed by atoms with Gasteiger partial charge >= 0.3 is 0 Å². The number of benzene rings is 3. The molecule has 2 aliphatic rings. The van der Waals surface area contributed by atoms with Crippen LogP contribution in [0.3, 0.4) is 0 Å². The smallest absolute Gasteiger partial charge is 0.272 e. The number of fused-ring (bicyclic) bond motifs is 1. The predicted octanol–water partition coefficient (Wildman–Crippen LogP) is 3.38. The average molecular weight is 454 g/mol. The molecule has 170 valence electrons. The molecule has 0 bridgehead atoms. The molecule has 1 fully saturated rings. The monoisotopic (exact) mass is 454 g/mol. The van der Waals surface area contributed by atoms with E-state index in [1.54, 1.807) is 61.7 Å². The number of ether oxygens (including phenoxy) is 1. The summed E-state index contributed by atoms with van der Waals surface area (Å²) in [6.45, 7) is 1.93. The zero-order chi connectivity index (χ0) is 23.8. The van der Waals surface area contributed by atoms with Gasteiger partial charge in [0, 0.05) is 5.69 Å². The van der Waals surface area contributed by atoms with Crippen molar-refractivity contribution in [3.63, 3.8) is 0 Å². The first-order valence-electron chi connectivity index (χ1n) is 10.8. The quantitative estimate of drug-likeness (QED) is 0.597. The van der Waals surface area contributed by atoms with Crippen LogP contribution in [0.25, 0.3) is 0 Å². The first kappa shape index (κ1) is 21.4. The molecule has 3 aromatic rings. The molecule has 1 saturated heterocycles. The molecule has 1 N–H and O–H groups in total. The van der Waals surface area contributed by atoms with Gasteiger partial charge in [-0.25, -0.2) is 4.90 Å². The summed E-state index contributed by atoms with van der Waals surface area (Å²) in [5.74, 6) is -1.87. The van der Waals surface area contributed by atoms with Crippen LogP contribution in [0.4, 0.5) is 17.1 Å². The fourth-order valence-electron chi connectivity index (χ4n) is 4.29. The number of aryl methyl sites for hydroxylation is 1. The Labute approximate surface area is 196 Å². The third kappa shape index (κ3) is 3.59. The van der Waals surface area contributed by atoms with E-state index in [2.05, 4.69) is 10.4 Å². The van der Waals surface area contributed by atoms with Crippen LogP contribution in [0.2, 0.25) is 0 Å². The molecule has 0 aliphatic carbocycles. The Morgan fingerprint density at radius 3 is 2.32 bits per heavy atom. The Morgan fingerprint density at radius 1 is 0.912 bits per heavy atom. The number of hydrogen-bond acceptors (Lipinski definition) is 6. The number of para-hydroxylation sites is 1. The van der Waals surface area contributed by atoms with Crippen LogP contribution in [0.15, 0.2) is 84.0 Å². The number of nitrogens with zero attached hydrogens (tertiary/aromatic N) is 3. The normalized spacial score (nSPS) is 19.2. The van der Waals surface area contributed by atoms with Crippen LogP contribution in [0, 0.1) is 12.8 Å². The van der Waals surface area contributed by atoms with Crippen LogP contribution in [-0.2, 0) is 14.4 Å². The fraction of sp³-hybridized carbons (Fsp3) is 0.154. The van der Waals surface area contributed by atoms with Crippen LogP contribution >= 0.6 is 0 Å². The van der Waals surface area contributed by atoms with Crippen molar-refractivity contribution in [3.8, 4) is 5.75 Å². The Morgan fingerprint density at radius 2 is 1.65 bits per heavy atom. The van der Waals surface area contributed by atoms with Crippen molar-refractivity contribution in [3.05, 3.63) is 84.4 Å². The van der Waals surface area contributed by atoms with Gasteiger partial charge in [0.05, 0.1) is 18.5 Å². The van der Waals surface area contributed by atoms with E-state index in [1.807, 2.05) is 31.2 Å². The molecule has 5 rings (SSSR count). The molecule has 3 amide bonds. The summed E-state index contributed by atoms with van der Waals surface area (Å²) in [7, 11) is 1.54. The third-order valence-corrected chi connectivity index (χ3v) is 5.91. The summed E-state index contributed by atoms with van der Waals surface area (Å²) < 4.78 is 5.18. The fourth-order valence-corrected chi connectivity index (χ4v) is 4.29. The summed E-state index contributed by atoms with van der Waals surface area (Å²) in [6.07, 6.45) is 0. The molecule has 2 heterocycles. The van der Waals surface area contributed by atoms with Crippen LogP contribution in [0.1, 0.15) is 5.56 Å². The topological polar surface area (TPSA) is 91.3 Å². The van der Waals surface area contributed by atoms with E-state index in [-0.39, 0.29) is 5.71 Å². The molecule has 2 unspecified atom stereocenters. The van der Waals surface area contributed by atoms with E-state index in [0.29, 0.717) is 22.8 Å². The van der Waals surface area contributed by atoms with Crippen molar-refractivity contribution in [2.75, 3.05) is 22.3 Å². The molecule has 8 heteroatoms. The van der Waals surface area contributed by atoms with Gasteiger partial charge in [-0.1, -0.05) is 30.3 Å². The maximum absolute atomic E-state index is 13.6. The summed E-state index contributed by atoms with van der Waals surface area (Å²) in [5, 5.41) is 8.76. The highest BCUT2D eigenvalue weighted by Crippen LogP contribution is 2.38. The third-order valence-electron chi connectivity index (χ3n) is 5.91. The lowest BCUT2D eigenvalue weighted by Crippen LogP contribution is -2.39. The lowest BCUT2D eigenvalue weighted by molar-refractivity contribution is -0.122. The van der Waals surface area contributed by atoms with Crippen LogP contribution < -0.4 is 20.0 Å². The molecule has 2 aliphatic heterocycles. The van der Waals surface area contributed by atoms with Crippen LogP contribution in [0.5, 0.6) is 5.75 Å². The number of nitrogens with one attached hydrogen (secondary N) is 1. The van der Waals surface area contributed by atoms with Gasteiger partial charge in [-0.15, -0.1) is 0 Å². The number of imide groups is 1. The minimum absolute atomic E-state index is 0.00437. The second-order valence-corrected chi connectivity index (χ2v) is 8.12. The summed E-state index contributed by atoms with van der Waals surface area (Å²) >= 11 is 0. The van der Waals surface area contributed by atoms with Crippen LogP contribution in [-0.4, -0.2) is 36.6 Å². The number of amides is 3. The first-order valence-corrected chi connectivity index (χ1v) is 10.8. The van der Waals surface area contributed by atoms with Crippen molar-refractivity contribution in [2.24, 2.45) is 11.0 Å². The molecular weight excluding hydrogens is 432 g/mol. The highest BCUT2D eigenvalue weighted by molar-refractivity contribution is 6.51. The largest absolute Gasteiger partial charge is 0.497 e. The number of hydrogen-bond donors (Lipinski definition) is 1. The van der Waals surface area contributed by atoms with E-state index in [9.17, 15) is 14.4 Å². The van der Waals surface area contributed by atoms with Gasteiger partial charge in [-0.2, -0.15) is 5.10 Å². The van der Waals surface area contributed by atoms with E-state index in [4.69, 9.17) is 4.74 Å². The zero-order valence-electron chi connectivity index (χ0n) is 18.6. The Balaban J connectivity index is 1.55. The maximum atomic E-state index is 13.6. The molecule has 0 aromatic heterocycles. The predicted molar refractivity (Wildman–Crippen MR) is 129 cm³/mol. The Kier molecular flexibility index (Phi) is 5.33. The standard InChI is InChI=1S/C26H22N4O4/c1-16-7-6-10-19(15-16)30-23-21(22(28-30)24(31)27-17-8-4-3-5-9-17)25(32)29(26(23)33)18-11-13-20(34-2)14-12-18/h3-15,21,23H,1-2H3,(H,27,31). The lowest BCUT2D eigenvalue weighted by atomic mass is 9.97. The second-order valence-electron chi connectivity index (χ2n) is 8.12. The number of rotatable bonds is 5. The van der Waals surface area contributed by atoms with Gasteiger partial charge < -0.3 is 10.1 Å². The van der Waals surface area contributed by atoms with E-state index in [0.717, 1.165) is 10.5 Å². The number of anilines is 3. The number of methoxy groups -OCH3 is 1. The summed E-state index contributed by atoms with van der Waals surface area (Å²) in [6, 6.07) is 22.1. The van der Waals surface area contributed by atoms with E-state index >= 15 is 0 Å². The van der Waals surface area contributed by atoms with Crippen molar-refractivity contribution < 1.29 is 19.1 Å². The van der Waals surface area contributed by atoms with Gasteiger partial charge in [-0.3, -0.25) is 19.4 Å². The van der Waals surface area contributed by atoms with E-state index in [1.165, 1.54) is 5.01 Å². The highest BCUT2D eigenvalue weighted by Gasteiger charge is 2.58. The van der Waals surface area contributed by atoms with Gasteiger partial charge in [-0.05, 0) is 61.0 Å². The molecule has 3 aromatic carbocycles. The molecule has 0 radical (unpaired) electrons. The van der Waals surface area contributed by atoms with Gasteiger partial charge in [0.15, 0.2) is 0 Å². The molecule has 34 heavy (non-hydrogen) atoms. The van der Waals surface area contributed by atoms with Crippen molar-refractivity contribution >= 4 is 40.5 Å². The van der Waals surface area contributed by atoms with E-state index < -0.39 is 29.7 Å². The molecule has 8 nitrogen and oxygen atoms in total. The first-order chi connectivity index (χ1) is 16.5. The van der Waals surface area contributed by atoms with Gasteiger partial charge in [0.2, 0.25) is 5.91 Å². The van der Waals surface area contributed by atoms with Crippen molar-refractivity contribution in [1.82, 2.24) is 0 Å². The zero-order valence-corrected chi connectivity index (χ0v) is 18.6. The number of hydrazone groups is 1. The minimum Gasteiger partial charge on any atom is -0.497 e. The average Bonchev–Trinajstić information content (AvgIpc) is 3.37. The minimum atomic E-state index is -1.03. The number of carbonyl (C=O) groups excluding carboxylic acids is 3. The second kappa shape index (κ2) is 8.47. The molecular formula is C26H22N4O4. The maximum Gasteiger partial charge on any atom is 0.272 e. The Bertz CT molecular complexity index is 1300. The Hall–Kier alpha value is -4.46. The SMILES string of the molecule is COc1ccc(N2C(=O)C3C(C(=O)Nc4ccccc4)=NN(c4cccc(C)c4)C3C2=O)cc1. The van der Waals surface area contributed by atoms with Crippen molar-refractivity contribution in [1.29, 1.82) is 0 Å². The summed E-state index contributed by atoms with van der Waals surface area (Å²) in [5.41, 5.74) is 2.59. The van der Waals surface area contributed by atoms with Gasteiger partial charge in [0.25, 0.3) is 11.8 Å². The molecule has 0 spiro atoms. The molecule has 2 atom stereocenters. The molecule has 0 saturated carbocycles. The highest BCUT2D eigenvalue weighted by atomic mass is 16.5.